The van der Waals surface area contributed by atoms with Gasteiger partial charge in [-0.3, -0.25) is 0 Å². The Morgan fingerprint density at radius 2 is 1.94 bits per heavy atom. The van der Waals surface area contributed by atoms with Crippen molar-refractivity contribution in [2.75, 3.05) is 5.32 Å². The molecule has 0 saturated carbocycles. The summed E-state index contributed by atoms with van der Waals surface area (Å²) in [5.41, 5.74) is 5.02. The average molecular weight is 229 g/mol. The van der Waals surface area contributed by atoms with Crippen LogP contribution >= 0.6 is 0 Å². The number of anilines is 1. The van der Waals surface area contributed by atoms with E-state index in [1.807, 2.05) is 12.5 Å². The second kappa shape index (κ2) is 5.04. The molecule has 2 aromatic rings. The molecule has 3 heteroatoms. The van der Waals surface area contributed by atoms with Gasteiger partial charge in [-0.2, -0.15) is 0 Å². The third-order valence-corrected chi connectivity index (χ3v) is 3.07. The summed E-state index contributed by atoms with van der Waals surface area (Å²) in [4.78, 5) is 4.17. The second-order valence-electron chi connectivity index (χ2n) is 4.29. The van der Waals surface area contributed by atoms with E-state index in [4.69, 9.17) is 0 Å². The third kappa shape index (κ3) is 2.49. The molecule has 1 N–H and O–H groups in total. The van der Waals surface area contributed by atoms with Gasteiger partial charge < -0.3 is 9.88 Å². The maximum Gasteiger partial charge on any atom is 0.0948 e. The van der Waals surface area contributed by atoms with Crippen LogP contribution in [0.4, 0.5) is 5.69 Å². The SMILES string of the molecule is CCn1cncc1CNc1c(C)cccc1C. The van der Waals surface area contributed by atoms with E-state index in [0.29, 0.717) is 0 Å². The van der Waals surface area contributed by atoms with Crippen LogP contribution in [0.3, 0.4) is 0 Å². The Morgan fingerprint density at radius 3 is 2.59 bits per heavy atom. The lowest BCUT2D eigenvalue weighted by atomic mass is 10.1. The molecule has 1 aromatic carbocycles. The summed E-state index contributed by atoms with van der Waals surface area (Å²) >= 11 is 0. The van der Waals surface area contributed by atoms with E-state index in [9.17, 15) is 0 Å². The van der Waals surface area contributed by atoms with E-state index >= 15 is 0 Å². The van der Waals surface area contributed by atoms with E-state index in [2.05, 4.69) is 53.8 Å². The van der Waals surface area contributed by atoms with Crippen molar-refractivity contribution in [3.05, 3.63) is 47.5 Å². The Hall–Kier alpha value is -1.77. The molecule has 0 aliphatic rings. The van der Waals surface area contributed by atoms with Crippen LogP contribution in [0.5, 0.6) is 0 Å². The summed E-state index contributed by atoms with van der Waals surface area (Å²) in [5, 5.41) is 3.50. The molecular weight excluding hydrogens is 210 g/mol. The summed E-state index contributed by atoms with van der Waals surface area (Å²) in [6, 6.07) is 6.35. The highest BCUT2D eigenvalue weighted by atomic mass is 15.1. The molecule has 17 heavy (non-hydrogen) atoms. The van der Waals surface area contributed by atoms with Crippen molar-refractivity contribution in [1.82, 2.24) is 9.55 Å². The number of para-hydroxylation sites is 1. The lowest BCUT2D eigenvalue weighted by Crippen LogP contribution is -2.07. The van der Waals surface area contributed by atoms with Gasteiger partial charge in [-0.15, -0.1) is 0 Å². The van der Waals surface area contributed by atoms with E-state index in [-0.39, 0.29) is 0 Å². The van der Waals surface area contributed by atoms with E-state index < -0.39 is 0 Å². The zero-order valence-corrected chi connectivity index (χ0v) is 10.7. The number of hydrogen-bond donors (Lipinski definition) is 1. The maximum atomic E-state index is 4.17. The van der Waals surface area contributed by atoms with Crippen LogP contribution in [0.25, 0.3) is 0 Å². The van der Waals surface area contributed by atoms with Crippen LogP contribution in [0.15, 0.2) is 30.7 Å². The first kappa shape index (κ1) is 11.7. The summed E-state index contributed by atoms with van der Waals surface area (Å²) in [7, 11) is 0. The van der Waals surface area contributed by atoms with Gasteiger partial charge in [0.05, 0.1) is 18.6 Å². The molecule has 1 aromatic heterocycles. The molecule has 2 rings (SSSR count). The Morgan fingerprint density at radius 1 is 1.24 bits per heavy atom. The molecular formula is C14H19N3. The first-order valence-electron chi connectivity index (χ1n) is 6.01. The first-order chi connectivity index (χ1) is 8.22. The lowest BCUT2D eigenvalue weighted by Gasteiger charge is -2.13. The highest BCUT2D eigenvalue weighted by Crippen LogP contribution is 2.20. The van der Waals surface area contributed by atoms with Crippen LogP contribution in [-0.4, -0.2) is 9.55 Å². The van der Waals surface area contributed by atoms with E-state index in [1.165, 1.54) is 22.5 Å². The zero-order chi connectivity index (χ0) is 12.3. The normalized spacial score (nSPS) is 10.5. The van der Waals surface area contributed by atoms with Crippen molar-refractivity contribution in [3.8, 4) is 0 Å². The number of aromatic nitrogens is 2. The van der Waals surface area contributed by atoms with Crippen LogP contribution in [0.1, 0.15) is 23.7 Å². The number of benzene rings is 1. The fourth-order valence-corrected chi connectivity index (χ4v) is 2.05. The molecule has 0 unspecified atom stereocenters. The minimum atomic E-state index is 0.819. The Kier molecular flexibility index (Phi) is 3.47. The summed E-state index contributed by atoms with van der Waals surface area (Å²) in [6.07, 6.45) is 3.80. The number of nitrogens with one attached hydrogen (secondary N) is 1. The fraction of sp³-hybridized carbons (Fsp3) is 0.357. The van der Waals surface area contributed by atoms with Crippen molar-refractivity contribution < 1.29 is 0 Å². The molecule has 0 atom stereocenters. The van der Waals surface area contributed by atoms with Crippen molar-refractivity contribution in [3.63, 3.8) is 0 Å². The Labute approximate surface area is 103 Å². The van der Waals surface area contributed by atoms with Gasteiger partial charge in [0, 0.05) is 18.4 Å². The van der Waals surface area contributed by atoms with Gasteiger partial charge in [-0.05, 0) is 31.9 Å². The largest absolute Gasteiger partial charge is 0.379 e. The van der Waals surface area contributed by atoms with Gasteiger partial charge in [0.1, 0.15) is 0 Å². The van der Waals surface area contributed by atoms with Crippen molar-refractivity contribution in [2.24, 2.45) is 0 Å². The standard InChI is InChI=1S/C14H19N3/c1-4-17-10-15-8-13(17)9-16-14-11(2)6-5-7-12(14)3/h5-8,10,16H,4,9H2,1-3H3. The van der Waals surface area contributed by atoms with Crippen LogP contribution in [-0.2, 0) is 13.1 Å². The highest BCUT2D eigenvalue weighted by Gasteiger charge is 2.03. The number of aryl methyl sites for hydroxylation is 3. The second-order valence-corrected chi connectivity index (χ2v) is 4.29. The molecule has 0 amide bonds. The average Bonchev–Trinajstić information content (AvgIpc) is 2.76. The zero-order valence-electron chi connectivity index (χ0n) is 10.7. The summed E-state index contributed by atoms with van der Waals surface area (Å²) in [5.74, 6) is 0. The van der Waals surface area contributed by atoms with E-state index in [1.54, 1.807) is 0 Å². The molecule has 3 nitrogen and oxygen atoms in total. The summed E-state index contributed by atoms with van der Waals surface area (Å²) < 4.78 is 2.15. The number of hydrogen-bond acceptors (Lipinski definition) is 2. The quantitative estimate of drug-likeness (QED) is 0.873. The van der Waals surface area contributed by atoms with Crippen molar-refractivity contribution in [1.29, 1.82) is 0 Å². The molecule has 1 heterocycles. The topological polar surface area (TPSA) is 29.9 Å². The number of nitrogens with zero attached hydrogens (tertiary/aromatic N) is 2. The Balaban J connectivity index is 2.13. The molecule has 0 fully saturated rings. The smallest absolute Gasteiger partial charge is 0.0948 e. The minimum absolute atomic E-state index is 0.819. The summed E-state index contributed by atoms with van der Waals surface area (Å²) in [6.45, 7) is 8.17. The van der Waals surface area contributed by atoms with Crippen molar-refractivity contribution >= 4 is 5.69 Å². The van der Waals surface area contributed by atoms with Crippen molar-refractivity contribution in [2.45, 2.75) is 33.9 Å². The predicted molar refractivity (Wildman–Crippen MR) is 71.1 cm³/mol. The predicted octanol–water partition coefficient (Wildman–Crippen LogP) is 3.13. The number of imidazole rings is 1. The molecule has 0 spiro atoms. The highest BCUT2D eigenvalue weighted by molar-refractivity contribution is 5.56. The van der Waals surface area contributed by atoms with Gasteiger partial charge in [-0.25, -0.2) is 4.98 Å². The van der Waals surface area contributed by atoms with Gasteiger partial charge in [-0.1, -0.05) is 18.2 Å². The molecule has 90 valence electrons. The van der Waals surface area contributed by atoms with Gasteiger partial charge in [0.25, 0.3) is 0 Å². The monoisotopic (exact) mass is 229 g/mol. The number of rotatable bonds is 4. The molecule has 0 aliphatic heterocycles. The van der Waals surface area contributed by atoms with Gasteiger partial charge in [0.15, 0.2) is 0 Å². The van der Waals surface area contributed by atoms with E-state index in [0.717, 1.165) is 13.1 Å². The fourth-order valence-electron chi connectivity index (χ4n) is 2.05. The lowest BCUT2D eigenvalue weighted by molar-refractivity contribution is 0.719. The van der Waals surface area contributed by atoms with Gasteiger partial charge in [0.2, 0.25) is 0 Å². The molecule has 0 aliphatic carbocycles. The third-order valence-electron chi connectivity index (χ3n) is 3.07. The maximum absolute atomic E-state index is 4.17. The first-order valence-corrected chi connectivity index (χ1v) is 6.01. The van der Waals surface area contributed by atoms with Gasteiger partial charge >= 0.3 is 0 Å². The Bertz CT molecular complexity index is 480. The van der Waals surface area contributed by atoms with Crippen LogP contribution in [0.2, 0.25) is 0 Å². The molecule has 0 saturated heterocycles. The van der Waals surface area contributed by atoms with Crippen LogP contribution in [0, 0.1) is 13.8 Å². The van der Waals surface area contributed by atoms with Crippen LogP contribution < -0.4 is 5.32 Å². The molecule has 0 bridgehead atoms. The molecule has 0 radical (unpaired) electrons. The minimum Gasteiger partial charge on any atom is -0.379 e.